The number of likely N-dealkylation sites (tertiary alicyclic amines) is 1. The van der Waals surface area contributed by atoms with Crippen LogP contribution in [0.4, 0.5) is 5.69 Å². The molecule has 1 saturated heterocycles. The van der Waals surface area contributed by atoms with Crippen LogP contribution in [0.1, 0.15) is 19.8 Å². The predicted molar refractivity (Wildman–Crippen MR) is 120 cm³/mol. The van der Waals surface area contributed by atoms with Crippen molar-refractivity contribution >= 4 is 23.4 Å². The fourth-order valence-electron chi connectivity index (χ4n) is 3.45. The first-order valence-electron chi connectivity index (χ1n) is 10.8. The van der Waals surface area contributed by atoms with Gasteiger partial charge in [0.2, 0.25) is 0 Å². The zero-order valence-corrected chi connectivity index (χ0v) is 18.2. The summed E-state index contributed by atoms with van der Waals surface area (Å²) in [5.41, 5.74) is 0.526. The molecule has 8 heteroatoms. The zero-order valence-electron chi connectivity index (χ0n) is 18.2. The fraction of sp³-hybridized carbons (Fsp3) is 0.375. The number of hydrogen-bond donors (Lipinski definition) is 2. The van der Waals surface area contributed by atoms with E-state index in [1.165, 1.54) is 0 Å². The van der Waals surface area contributed by atoms with Crippen LogP contribution in [0.5, 0.6) is 11.5 Å². The Hall–Kier alpha value is -3.55. The van der Waals surface area contributed by atoms with Crippen molar-refractivity contribution in [2.45, 2.75) is 19.8 Å². The molecule has 0 bridgehead atoms. The predicted octanol–water partition coefficient (Wildman–Crippen LogP) is 2.46. The number of amides is 3. The molecule has 0 atom stereocenters. The first-order chi connectivity index (χ1) is 15.5. The van der Waals surface area contributed by atoms with Crippen molar-refractivity contribution in [1.82, 2.24) is 10.2 Å². The summed E-state index contributed by atoms with van der Waals surface area (Å²) in [6.07, 6.45) is 1.52. The standard InChI is InChI=1S/C24H29N3O5/c1-2-31-21-10-8-19(9-11-21)26-24(30)23(29)25-16-18-12-14-27(15-13-18)22(28)17-32-20-6-4-3-5-7-20/h3-11,18H,2,12-17H2,1H3,(H,25,29)(H,26,30). The Balaban J connectivity index is 1.34. The summed E-state index contributed by atoms with van der Waals surface area (Å²) >= 11 is 0. The van der Waals surface area contributed by atoms with Gasteiger partial charge in [0.15, 0.2) is 6.61 Å². The molecule has 1 fully saturated rings. The largest absolute Gasteiger partial charge is 0.494 e. The molecule has 0 spiro atoms. The maximum atomic E-state index is 12.3. The Kier molecular flexibility index (Phi) is 8.48. The van der Waals surface area contributed by atoms with Crippen LogP contribution in [0.3, 0.4) is 0 Å². The third-order valence-electron chi connectivity index (χ3n) is 5.25. The molecule has 2 aromatic rings. The molecule has 0 unspecified atom stereocenters. The van der Waals surface area contributed by atoms with Crippen molar-refractivity contribution in [3.8, 4) is 11.5 Å². The minimum Gasteiger partial charge on any atom is -0.494 e. The number of piperidine rings is 1. The molecule has 0 aromatic heterocycles. The minimum atomic E-state index is -0.708. The van der Waals surface area contributed by atoms with Crippen LogP contribution in [0, 0.1) is 5.92 Å². The van der Waals surface area contributed by atoms with Crippen LogP contribution in [0.2, 0.25) is 0 Å². The van der Waals surface area contributed by atoms with Crippen molar-refractivity contribution < 1.29 is 23.9 Å². The molecule has 8 nitrogen and oxygen atoms in total. The Morgan fingerprint density at radius 2 is 1.56 bits per heavy atom. The number of carbonyl (C=O) groups is 3. The van der Waals surface area contributed by atoms with E-state index in [2.05, 4.69) is 10.6 Å². The number of benzene rings is 2. The number of anilines is 1. The monoisotopic (exact) mass is 439 g/mol. The van der Waals surface area contributed by atoms with Crippen LogP contribution in [-0.2, 0) is 14.4 Å². The van der Waals surface area contributed by atoms with E-state index in [4.69, 9.17) is 9.47 Å². The van der Waals surface area contributed by atoms with Crippen LogP contribution in [-0.4, -0.2) is 55.5 Å². The van der Waals surface area contributed by atoms with Crippen molar-refractivity contribution in [1.29, 1.82) is 0 Å². The van der Waals surface area contributed by atoms with Gasteiger partial charge in [0.1, 0.15) is 11.5 Å². The van der Waals surface area contributed by atoms with E-state index in [1.54, 1.807) is 29.2 Å². The van der Waals surface area contributed by atoms with Crippen LogP contribution in [0.15, 0.2) is 54.6 Å². The van der Waals surface area contributed by atoms with Gasteiger partial charge in [-0.2, -0.15) is 0 Å². The lowest BCUT2D eigenvalue weighted by Gasteiger charge is -2.32. The summed E-state index contributed by atoms with van der Waals surface area (Å²) in [6.45, 7) is 4.08. The highest BCUT2D eigenvalue weighted by molar-refractivity contribution is 6.39. The maximum absolute atomic E-state index is 12.3. The van der Waals surface area contributed by atoms with E-state index in [9.17, 15) is 14.4 Å². The van der Waals surface area contributed by atoms with E-state index in [0.717, 1.165) is 12.8 Å². The topological polar surface area (TPSA) is 97.0 Å². The number of rotatable bonds is 8. The lowest BCUT2D eigenvalue weighted by Crippen LogP contribution is -2.44. The van der Waals surface area contributed by atoms with E-state index in [1.807, 2.05) is 37.3 Å². The van der Waals surface area contributed by atoms with E-state index in [0.29, 0.717) is 43.4 Å². The Bertz CT molecular complexity index is 894. The van der Waals surface area contributed by atoms with Crippen LogP contribution >= 0.6 is 0 Å². The Morgan fingerprint density at radius 1 is 0.906 bits per heavy atom. The van der Waals surface area contributed by atoms with Gasteiger partial charge in [0.25, 0.3) is 5.91 Å². The number of nitrogens with one attached hydrogen (secondary N) is 2. The minimum absolute atomic E-state index is 0.0110. The summed E-state index contributed by atoms with van der Waals surface area (Å²) in [5.74, 6) is 0.157. The van der Waals surface area contributed by atoms with Gasteiger partial charge in [-0.25, -0.2) is 0 Å². The van der Waals surface area contributed by atoms with Gasteiger partial charge in [0, 0.05) is 25.3 Å². The van der Waals surface area contributed by atoms with Crippen molar-refractivity contribution in [3.05, 3.63) is 54.6 Å². The number of hydrogen-bond acceptors (Lipinski definition) is 5. The molecule has 2 N–H and O–H groups in total. The molecule has 1 aliphatic rings. The van der Waals surface area contributed by atoms with Crippen LogP contribution in [0.25, 0.3) is 0 Å². The number of para-hydroxylation sites is 1. The summed E-state index contributed by atoms with van der Waals surface area (Å²) in [4.78, 5) is 38.3. The first-order valence-corrected chi connectivity index (χ1v) is 10.8. The lowest BCUT2D eigenvalue weighted by molar-refractivity contribution is -0.136. The molecule has 0 radical (unpaired) electrons. The summed E-state index contributed by atoms with van der Waals surface area (Å²) in [7, 11) is 0. The van der Waals surface area contributed by atoms with Crippen molar-refractivity contribution in [3.63, 3.8) is 0 Å². The summed E-state index contributed by atoms with van der Waals surface area (Å²) < 4.78 is 10.9. The zero-order chi connectivity index (χ0) is 22.8. The number of carbonyl (C=O) groups excluding carboxylic acids is 3. The van der Waals surface area contributed by atoms with Gasteiger partial charge in [-0.15, -0.1) is 0 Å². The van der Waals surface area contributed by atoms with Gasteiger partial charge in [-0.05, 0) is 62.1 Å². The van der Waals surface area contributed by atoms with Gasteiger partial charge in [-0.1, -0.05) is 18.2 Å². The average molecular weight is 440 g/mol. The van der Waals surface area contributed by atoms with Crippen LogP contribution < -0.4 is 20.1 Å². The second-order valence-electron chi connectivity index (χ2n) is 7.55. The molecule has 0 aliphatic carbocycles. The normalized spacial score (nSPS) is 13.8. The Labute approximate surface area is 187 Å². The van der Waals surface area contributed by atoms with Gasteiger partial charge in [-0.3, -0.25) is 14.4 Å². The molecule has 2 aromatic carbocycles. The van der Waals surface area contributed by atoms with Crippen molar-refractivity contribution in [2.24, 2.45) is 5.92 Å². The molecule has 1 heterocycles. The second-order valence-corrected chi connectivity index (χ2v) is 7.55. The lowest BCUT2D eigenvalue weighted by atomic mass is 9.96. The molecule has 3 amide bonds. The molecule has 170 valence electrons. The maximum Gasteiger partial charge on any atom is 0.313 e. The molecule has 0 saturated carbocycles. The quantitative estimate of drug-likeness (QED) is 0.616. The van der Waals surface area contributed by atoms with Crippen molar-refractivity contribution in [2.75, 3.05) is 38.2 Å². The molecular formula is C24H29N3O5. The molecule has 32 heavy (non-hydrogen) atoms. The summed E-state index contributed by atoms with van der Waals surface area (Å²) in [5, 5.41) is 5.27. The molecule has 1 aliphatic heterocycles. The first kappa shape index (κ1) is 23.1. The fourth-order valence-corrected chi connectivity index (χ4v) is 3.45. The molecule has 3 rings (SSSR count). The number of nitrogens with zero attached hydrogens (tertiary/aromatic N) is 1. The highest BCUT2D eigenvalue weighted by atomic mass is 16.5. The van der Waals surface area contributed by atoms with Gasteiger partial charge >= 0.3 is 11.8 Å². The third kappa shape index (κ3) is 7.01. The SMILES string of the molecule is CCOc1ccc(NC(=O)C(=O)NCC2CCN(C(=O)COc3ccccc3)CC2)cc1. The Morgan fingerprint density at radius 3 is 2.22 bits per heavy atom. The van der Waals surface area contributed by atoms with Gasteiger partial charge in [0.05, 0.1) is 6.61 Å². The van der Waals surface area contributed by atoms with Gasteiger partial charge < -0.3 is 25.0 Å². The second kappa shape index (κ2) is 11.7. The summed E-state index contributed by atoms with van der Waals surface area (Å²) in [6, 6.07) is 16.1. The van der Waals surface area contributed by atoms with E-state index >= 15 is 0 Å². The van der Waals surface area contributed by atoms with E-state index in [-0.39, 0.29) is 18.4 Å². The highest BCUT2D eigenvalue weighted by Gasteiger charge is 2.24. The average Bonchev–Trinajstić information content (AvgIpc) is 2.83. The highest BCUT2D eigenvalue weighted by Crippen LogP contribution is 2.18. The molecular weight excluding hydrogens is 410 g/mol. The van der Waals surface area contributed by atoms with E-state index < -0.39 is 11.8 Å². The third-order valence-corrected chi connectivity index (χ3v) is 5.25. The smallest absolute Gasteiger partial charge is 0.313 e. The number of ether oxygens (including phenoxy) is 2.